The molecule has 1 N–H and O–H groups in total. The molecule has 2 aromatic carbocycles. The summed E-state index contributed by atoms with van der Waals surface area (Å²) in [4.78, 5) is 12.6. The number of nitrogens with one attached hydrogen (secondary N) is 1. The van der Waals surface area contributed by atoms with Crippen molar-refractivity contribution in [3.05, 3.63) is 77.7 Å². The van der Waals surface area contributed by atoms with Crippen LogP contribution < -0.4 is 5.32 Å². The topological polar surface area (TPSA) is 51.1 Å². The van der Waals surface area contributed by atoms with Crippen molar-refractivity contribution in [3.8, 4) is 11.3 Å². The van der Waals surface area contributed by atoms with Gasteiger partial charge in [-0.2, -0.15) is 0 Å². The van der Waals surface area contributed by atoms with Gasteiger partial charge in [0, 0.05) is 41.2 Å². The van der Waals surface area contributed by atoms with E-state index in [1.807, 2.05) is 24.3 Å². The Balaban J connectivity index is 1.81. The largest absolute Gasteiger partial charge is 0.340 e. The summed E-state index contributed by atoms with van der Waals surface area (Å²) >= 11 is 0. The van der Waals surface area contributed by atoms with Gasteiger partial charge in [0.1, 0.15) is 11.5 Å². The molecule has 3 aromatic rings. The molecule has 0 saturated carbocycles. The van der Waals surface area contributed by atoms with Crippen molar-refractivity contribution < 1.29 is 13.4 Å². The molecular formula is C20H19FN2O2S. The summed E-state index contributed by atoms with van der Waals surface area (Å²) in [5.74, 6) is -0.0905. The molecule has 1 unspecified atom stereocenters. The average Bonchev–Trinajstić information content (AvgIpc) is 2.97. The van der Waals surface area contributed by atoms with Crippen LogP contribution in [0.1, 0.15) is 16.1 Å². The molecule has 1 amide bonds. The van der Waals surface area contributed by atoms with E-state index in [0.717, 1.165) is 16.8 Å². The third kappa shape index (κ3) is 4.08. The summed E-state index contributed by atoms with van der Waals surface area (Å²) < 4.78 is 26.2. The number of carbonyl (C=O) groups excluding carboxylic acids is 1. The minimum Gasteiger partial charge on any atom is -0.340 e. The van der Waals surface area contributed by atoms with Crippen LogP contribution in [-0.4, -0.2) is 20.9 Å². The lowest BCUT2D eigenvalue weighted by molar-refractivity contribution is 0.101. The lowest BCUT2D eigenvalue weighted by Gasteiger charge is -2.10. The lowest BCUT2D eigenvalue weighted by atomic mass is 10.1. The highest BCUT2D eigenvalue weighted by atomic mass is 32.2. The van der Waals surface area contributed by atoms with E-state index in [1.54, 1.807) is 42.1 Å². The van der Waals surface area contributed by atoms with E-state index in [4.69, 9.17) is 0 Å². The van der Waals surface area contributed by atoms with E-state index < -0.39 is 10.8 Å². The molecule has 0 fully saturated rings. The molecule has 0 aliphatic heterocycles. The van der Waals surface area contributed by atoms with Gasteiger partial charge in [-0.15, -0.1) is 0 Å². The predicted molar refractivity (Wildman–Crippen MR) is 103 cm³/mol. The Morgan fingerprint density at radius 2 is 1.85 bits per heavy atom. The molecule has 4 nitrogen and oxygen atoms in total. The molecule has 0 radical (unpaired) electrons. The van der Waals surface area contributed by atoms with Crippen molar-refractivity contribution in [1.82, 2.24) is 4.57 Å². The summed E-state index contributed by atoms with van der Waals surface area (Å²) in [6.45, 7) is 0. The second-order valence-electron chi connectivity index (χ2n) is 6.04. The molecule has 1 aromatic heterocycles. The minimum absolute atomic E-state index is 0.240. The van der Waals surface area contributed by atoms with Crippen molar-refractivity contribution in [2.75, 3.05) is 11.6 Å². The summed E-state index contributed by atoms with van der Waals surface area (Å²) in [5, 5.41) is 2.87. The first-order valence-corrected chi connectivity index (χ1v) is 9.79. The highest BCUT2D eigenvalue weighted by Crippen LogP contribution is 2.23. The zero-order valence-electron chi connectivity index (χ0n) is 14.5. The molecular weight excluding hydrogens is 351 g/mol. The molecule has 134 valence electrons. The second kappa shape index (κ2) is 7.66. The maximum Gasteiger partial charge on any atom is 0.272 e. The van der Waals surface area contributed by atoms with Gasteiger partial charge in [-0.3, -0.25) is 9.00 Å². The summed E-state index contributed by atoms with van der Waals surface area (Å²) in [6.07, 6.45) is 1.65. The third-order valence-electron chi connectivity index (χ3n) is 4.05. The van der Waals surface area contributed by atoms with Crippen LogP contribution in [0.4, 0.5) is 10.1 Å². The number of benzene rings is 2. The van der Waals surface area contributed by atoms with Gasteiger partial charge in [0.25, 0.3) is 5.91 Å². The SMILES string of the molecule is Cn1c(C(=O)Nc2cccc(CS(C)=O)c2)ccc1-c1ccc(F)cc1. The van der Waals surface area contributed by atoms with Crippen molar-refractivity contribution >= 4 is 22.4 Å². The van der Waals surface area contributed by atoms with E-state index in [-0.39, 0.29) is 11.7 Å². The fraction of sp³-hybridized carbons (Fsp3) is 0.150. The maximum absolute atomic E-state index is 13.1. The normalized spacial score (nSPS) is 12.0. The van der Waals surface area contributed by atoms with E-state index >= 15 is 0 Å². The lowest BCUT2D eigenvalue weighted by Crippen LogP contribution is -2.16. The maximum atomic E-state index is 13.1. The third-order valence-corrected chi connectivity index (χ3v) is 4.79. The van der Waals surface area contributed by atoms with Crippen LogP contribution in [-0.2, 0) is 23.6 Å². The van der Waals surface area contributed by atoms with Crippen LogP contribution in [0.3, 0.4) is 0 Å². The van der Waals surface area contributed by atoms with Gasteiger partial charge in [-0.25, -0.2) is 4.39 Å². The quantitative estimate of drug-likeness (QED) is 0.739. The molecule has 0 aliphatic carbocycles. The zero-order valence-corrected chi connectivity index (χ0v) is 15.3. The molecule has 6 heteroatoms. The molecule has 0 saturated heterocycles. The van der Waals surface area contributed by atoms with Crippen LogP contribution in [0.15, 0.2) is 60.7 Å². The molecule has 0 spiro atoms. The van der Waals surface area contributed by atoms with Crippen molar-refractivity contribution in [2.45, 2.75) is 5.75 Å². The van der Waals surface area contributed by atoms with Crippen LogP contribution in [0.25, 0.3) is 11.3 Å². The molecule has 0 aliphatic rings. The fourth-order valence-electron chi connectivity index (χ4n) is 2.82. The van der Waals surface area contributed by atoms with Gasteiger partial charge in [0.2, 0.25) is 0 Å². The smallest absolute Gasteiger partial charge is 0.272 e. The highest BCUT2D eigenvalue weighted by Gasteiger charge is 2.14. The first-order valence-electron chi connectivity index (χ1n) is 8.06. The number of rotatable bonds is 5. The molecule has 3 rings (SSSR count). The van der Waals surface area contributed by atoms with Gasteiger partial charge in [0.15, 0.2) is 0 Å². The first kappa shape index (κ1) is 18.1. The summed E-state index contributed by atoms with van der Waals surface area (Å²) in [6, 6.07) is 17.0. The Kier molecular flexibility index (Phi) is 5.32. The Labute approximate surface area is 154 Å². The number of halogens is 1. The Morgan fingerprint density at radius 1 is 1.12 bits per heavy atom. The number of carbonyl (C=O) groups is 1. The van der Waals surface area contributed by atoms with Crippen molar-refractivity contribution in [1.29, 1.82) is 0 Å². The Bertz CT molecular complexity index is 964. The van der Waals surface area contributed by atoms with Crippen LogP contribution in [0.5, 0.6) is 0 Å². The van der Waals surface area contributed by atoms with Gasteiger partial charge < -0.3 is 9.88 Å². The number of aromatic nitrogens is 1. The highest BCUT2D eigenvalue weighted by molar-refractivity contribution is 7.83. The molecule has 26 heavy (non-hydrogen) atoms. The summed E-state index contributed by atoms with van der Waals surface area (Å²) in [7, 11) is 0.856. The second-order valence-corrected chi connectivity index (χ2v) is 7.48. The van der Waals surface area contributed by atoms with Crippen molar-refractivity contribution in [2.24, 2.45) is 7.05 Å². The first-order chi connectivity index (χ1) is 12.4. The number of hydrogen-bond acceptors (Lipinski definition) is 2. The van der Waals surface area contributed by atoms with Crippen molar-refractivity contribution in [3.63, 3.8) is 0 Å². The van der Waals surface area contributed by atoms with E-state index in [2.05, 4.69) is 5.32 Å². The number of anilines is 1. The average molecular weight is 370 g/mol. The molecule has 0 bridgehead atoms. The number of hydrogen-bond donors (Lipinski definition) is 1. The fourth-order valence-corrected chi connectivity index (χ4v) is 3.47. The minimum atomic E-state index is -0.940. The van der Waals surface area contributed by atoms with E-state index in [9.17, 15) is 13.4 Å². The summed E-state index contributed by atoms with van der Waals surface area (Å²) in [5.41, 5.74) is 3.71. The monoisotopic (exact) mass is 370 g/mol. The van der Waals surface area contributed by atoms with Crippen LogP contribution >= 0.6 is 0 Å². The Morgan fingerprint density at radius 3 is 2.54 bits per heavy atom. The standard InChI is InChI=1S/C20H19FN2O2S/c1-23-18(15-6-8-16(21)9-7-15)10-11-19(23)20(24)22-17-5-3-4-14(12-17)13-26(2)25/h3-12H,13H2,1-2H3,(H,22,24). The van der Waals surface area contributed by atoms with Gasteiger partial charge >= 0.3 is 0 Å². The zero-order chi connectivity index (χ0) is 18.7. The number of nitrogens with zero attached hydrogens (tertiary/aromatic N) is 1. The van der Waals surface area contributed by atoms with E-state index in [0.29, 0.717) is 17.1 Å². The predicted octanol–water partition coefficient (Wildman–Crippen LogP) is 3.96. The van der Waals surface area contributed by atoms with Crippen LogP contribution in [0.2, 0.25) is 0 Å². The molecule has 1 heterocycles. The van der Waals surface area contributed by atoms with Gasteiger partial charge in [-0.1, -0.05) is 12.1 Å². The number of amides is 1. The van der Waals surface area contributed by atoms with Crippen LogP contribution in [0, 0.1) is 5.82 Å². The van der Waals surface area contributed by atoms with E-state index in [1.165, 1.54) is 12.1 Å². The van der Waals surface area contributed by atoms with Gasteiger partial charge in [-0.05, 0) is 59.7 Å². The van der Waals surface area contributed by atoms with Gasteiger partial charge in [0.05, 0.1) is 0 Å². The molecule has 1 atom stereocenters. The Hall–Kier alpha value is -2.73.